The highest BCUT2D eigenvalue weighted by Gasteiger charge is 2.36. The molecule has 0 radical (unpaired) electrons. The Morgan fingerprint density at radius 1 is 1.07 bits per heavy atom. The zero-order valence-corrected chi connectivity index (χ0v) is 18.8. The molecule has 0 saturated carbocycles. The number of carbonyl (C=O) groups is 2. The third kappa shape index (κ3) is 5.10. The van der Waals surface area contributed by atoms with Gasteiger partial charge in [-0.2, -0.15) is 4.31 Å². The maximum absolute atomic E-state index is 13.0. The molecule has 0 aromatic heterocycles. The second-order valence-corrected chi connectivity index (χ2v) is 10.0. The number of piperidine rings is 1. The molecule has 0 unspecified atom stereocenters. The molecule has 2 fully saturated rings. The van der Waals surface area contributed by atoms with Gasteiger partial charge in [0.15, 0.2) is 0 Å². The zero-order valence-electron chi connectivity index (χ0n) is 16.4. The van der Waals surface area contributed by atoms with Crippen molar-refractivity contribution in [1.82, 2.24) is 14.1 Å². The molecule has 0 bridgehead atoms. The summed E-state index contributed by atoms with van der Waals surface area (Å²) in [6.07, 6.45) is 0.960. The lowest BCUT2D eigenvalue weighted by Crippen LogP contribution is -2.54. The van der Waals surface area contributed by atoms with Crippen molar-refractivity contribution in [3.63, 3.8) is 0 Å². The van der Waals surface area contributed by atoms with Crippen LogP contribution in [-0.2, 0) is 19.6 Å². The van der Waals surface area contributed by atoms with E-state index in [4.69, 9.17) is 4.74 Å². The van der Waals surface area contributed by atoms with E-state index in [-0.39, 0.29) is 29.4 Å². The predicted molar refractivity (Wildman–Crippen MR) is 111 cm³/mol. The van der Waals surface area contributed by atoms with Crippen LogP contribution >= 0.6 is 15.9 Å². The van der Waals surface area contributed by atoms with E-state index in [0.717, 1.165) is 4.47 Å². The van der Waals surface area contributed by atoms with Gasteiger partial charge in [0.2, 0.25) is 15.9 Å². The Balaban J connectivity index is 1.61. The number of rotatable bonds is 4. The molecule has 10 heteroatoms. The smallest absolute Gasteiger partial charge is 0.409 e. The lowest BCUT2D eigenvalue weighted by molar-refractivity contribution is -0.138. The van der Waals surface area contributed by atoms with Crippen LogP contribution in [0.4, 0.5) is 4.79 Å². The van der Waals surface area contributed by atoms with E-state index < -0.39 is 10.0 Å². The average molecular weight is 488 g/mol. The molecule has 0 spiro atoms. The standard InChI is InChI=1S/C19H26BrN3O5S/c1-2-28-19(25)22-12-10-21(11-13-22)18(24)15-4-3-9-23(14-15)29(26,27)17-7-5-16(20)6-8-17/h5-8,15H,2-4,9-14H2,1H3/t15-/m0/s1. The molecular weight excluding hydrogens is 462 g/mol. The van der Waals surface area contributed by atoms with Crippen molar-refractivity contribution in [2.24, 2.45) is 5.92 Å². The summed E-state index contributed by atoms with van der Waals surface area (Å²) >= 11 is 3.31. The maximum Gasteiger partial charge on any atom is 0.409 e. The molecule has 8 nitrogen and oxygen atoms in total. The molecule has 2 saturated heterocycles. The second kappa shape index (κ2) is 9.44. The highest BCUT2D eigenvalue weighted by atomic mass is 79.9. The van der Waals surface area contributed by atoms with Gasteiger partial charge in [-0.25, -0.2) is 13.2 Å². The van der Waals surface area contributed by atoms with Crippen LogP contribution in [0.2, 0.25) is 0 Å². The van der Waals surface area contributed by atoms with Crippen molar-refractivity contribution in [3.8, 4) is 0 Å². The Hall–Kier alpha value is -1.65. The minimum atomic E-state index is -3.63. The van der Waals surface area contributed by atoms with Crippen LogP contribution in [0.5, 0.6) is 0 Å². The first kappa shape index (κ1) is 22.0. The van der Waals surface area contributed by atoms with Gasteiger partial charge in [-0.05, 0) is 44.0 Å². The van der Waals surface area contributed by atoms with Crippen LogP contribution in [-0.4, -0.2) is 80.4 Å². The molecule has 2 heterocycles. The van der Waals surface area contributed by atoms with Gasteiger partial charge in [-0.3, -0.25) is 4.79 Å². The summed E-state index contributed by atoms with van der Waals surface area (Å²) in [4.78, 5) is 28.3. The number of ether oxygens (including phenoxy) is 1. The first-order chi connectivity index (χ1) is 13.8. The summed E-state index contributed by atoms with van der Waals surface area (Å²) in [7, 11) is -3.63. The lowest BCUT2D eigenvalue weighted by atomic mass is 9.98. The molecule has 2 aliphatic rings. The van der Waals surface area contributed by atoms with Crippen molar-refractivity contribution < 1.29 is 22.7 Å². The van der Waals surface area contributed by atoms with E-state index in [9.17, 15) is 18.0 Å². The van der Waals surface area contributed by atoms with Gasteiger partial charge in [0.25, 0.3) is 0 Å². The van der Waals surface area contributed by atoms with E-state index in [1.54, 1.807) is 41.0 Å². The first-order valence-corrected chi connectivity index (χ1v) is 12.0. The number of benzene rings is 1. The summed E-state index contributed by atoms with van der Waals surface area (Å²) in [5.74, 6) is -0.396. The van der Waals surface area contributed by atoms with E-state index in [1.807, 2.05) is 0 Å². The topological polar surface area (TPSA) is 87.2 Å². The Morgan fingerprint density at radius 2 is 1.69 bits per heavy atom. The molecule has 3 rings (SSSR count). The molecule has 1 aromatic carbocycles. The Morgan fingerprint density at radius 3 is 2.31 bits per heavy atom. The van der Waals surface area contributed by atoms with Crippen LogP contribution in [0.25, 0.3) is 0 Å². The molecule has 1 atom stereocenters. The third-order valence-electron chi connectivity index (χ3n) is 5.30. The predicted octanol–water partition coefficient (Wildman–Crippen LogP) is 2.15. The molecule has 2 amide bonds. The van der Waals surface area contributed by atoms with Gasteiger partial charge in [0.1, 0.15) is 0 Å². The van der Waals surface area contributed by atoms with Crippen molar-refractivity contribution in [2.75, 3.05) is 45.9 Å². The largest absolute Gasteiger partial charge is 0.450 e. The fourth-order valence-corrected chi connectivity index (χ4v) is 5.49. The maximum atomic E-state index is 13.0. The molecule has 160 valence electrons. The number of sulfonamides is 1. The second-order valence-electron chi connectivity index (χ2n) is 7.17. The number of piperazine rings is 1. The number of amides is 2. The summed E-state index contributed by atoms with van der Waals surface area (Å²) in [5, 5.41) is 0. The van der Waals surface area contributed by atoms with E-state index in [1.165, 1.54) is 4.31 Å². The minimum Gasteiger partial charge on any atom is -0.450 e. The Labute approximate surface area is 180 Å². The van der Waals surface area contributed by atoms with Gasteiger partial charge in [-0.1, -0.05) is 15.9 Å². The van der Waals surface area contributed by atoms with Gasteiger partial charge >= 0.3 is 6.09 Å². The fraction of sp³-hybridized carbons (Fsp3) is 0.579. The highest BCUT2D eigenvalue weighted by Crippen LogP contribution is 2.26. The van der Waals surface area contributed by atoms with E-state index in [0.29, 0.717) is 52.2 Å². The van der Waals surface area contributed by atoms with Crippen LogP contribution in [0.15, 0.2) is 33.6 Å². The van der Waals surface area contributed by atoms with E-state index >= 15 is 0 Å². The molecular formula is C19H26BrN3O5S. The Kier molecular flexibility index (Phi) is 7.18. The van der Waals surface area contributed by atoms with Gasteiger partial charge in [0, 0.05) is 43.7 Å². The molecule has 1 aromatic rings. The monoisotopic (exact) mass is 487 g/mol. The van der Waals surface area contributed by atoms with Crippen LogP contribution < -0.4 is 0 Å². The summed E-state index contributed by atoms with van der Waals surface area (Å²) < 4.78 is 33.1. The fourth-order valence-electron chi connectivity index (χ4n) is 3.70. The third-order valence-corrected chi connectivity index (χ3v) is 7.71. The molecule has 2 aliphatic heterocycles. The summed E-state index contributed by atoms with van der Waals surface area (Å²) in [6, 6.07) is 6.53. The van der Waals surface area contributed by atoms with E-state index in [2.05, 4.69) is 15.9 Å². The van der Waals surface area contributed by atoms with Crippen molar-refractivity contribution in [3.05, 3.63) is 28.7 Å². The number of halogens is 1. The van der Waals surface area contributed by atoms with Crippen molar-refractivity contribution in [1.29, 1.82) is 0 Å². The number of hydrogen-bond acceptors (Lipinski definition) is 5. The molecule has 29 heavy (non-hydrogen) atoms. The van der Waals surface area contributed by atoms with Crippen molar-refractivity contribution in [2.45, 2.75) is 24.7 Å². The van der Waals surface area contributed by atoms with Gasteiger partial charge in [0.05, 0.1) is 17.4 Å². The summed E-state index contributed by atoms with van der Waals surface area (Å²) in [6.45, 7) is 4.42. The quantitative estimate of drug-likeness (QED) is 0.649. The number of nitrogens with zero attached hydrogens (tertiary/aromatic N) is 3. The molecule has 0 N–H and O–H groups in total. The first-order valence-electron chi connectivity index (χ1n) is 9.79. The number of hydrogen-bond donors (Lipinski definition) is 0. The number of carbonyl (C=O) groups excluding carboxylic acids is 2. The SMILES string of the molecule is CCOC(=O)N1CCN(C(=O)[C@H]2CCCN(S(=O)(=O)c3ccc(Br)cc3)C2)CC1. The van der Waals surface area contributed by atoms with Gasteiger partial charge in [-0.15, -0.1) is 0 Å². The minimum absolute atomic E-state index is 0.0378. The zero-order chi connectivity index (χ0) is 21.0. The normalized spacial score (nSPS) is 21.1. The molecule has 0 aliphatic carbocycles. The van der Waals surface area contributed by atoms with Gasteiger partial charge < -0.3 is 14.5 Å². The highest BCUT2D eigenvalue weighted by molar-refractivity contribution is 9.10. The van der Waals surface area contributed by atoms with Crippen LogP contribution in [0.1, 0.15) is 19.8 Å². The van der Waals surface area contributed by atoms with Crippen molar-refractivity contribution >= 4 is 38.0 Å². The van der Waals surface area contributed by atoms with Crippen LogP contribution in [0, 0.1) is 5.92 Å². The Bertz CT molecular complexity index is 838. The summed E-state index contributed by atoms with van der Waals surface area (Å²) in [5.41, 5.74) is 0. The average Bonchev–Trinajstić information content (AvgIpc) is 2.74. The lowest BCUT2D eigenvalue weighted by Gasteiger charge is -2.38. The van der Waals surface area contributed by atoms with Crippen LogP contribution in [0.3, 0.4) is 0 Å².